The number of hydrogen-bond donors (Lipinski definition) is 1. The molecule has 1 saturated heterocycles. The zero-order valence-electron chi connectivity index (χ0n) is 27.7. The molecular formula is C38H28Cl4N4O6S. The van der Waals surface area contributed by atoms with E-state index in [2.05, 4.69) is 15.5 Å². The van der Waals surface area contributed by atoms with Crippen LogP contribution in [0.2, 0.25) is 20.1 Å². The number of methoxy groups -OCH3 is 1. The summed E-state index contributed by atoms with van der Waals surface area (Å²) in [4.78, 5) is 28.1. The number of rotatable bonds is 13. The van der Waals surface area contributed by atoms with Gasteiger partial charge in [0.1, 0.15) is 18.1 Å². The minimum absolute atomic E-state index is 0.117. The average molecular weight is 811 g/mol. The number of amidine groups is 1. The van der Waals surface area contributed by atoms with Gasteiger partial charge < -0.3 is 23.9 Å². The Labute approximate surface area is 328 Å². The smallest absolute Gasteiger partial charge is 0.267 e. The summed E-state index contributed by atoms with van der Waals surface area (Å²) in [5, 5.41) is 13.7. The first-order valence-electron chi connectivity index (χ1n) is 15.7. The molecule has 270 valence electrons. The van der Waals surface area contributed by atoms with Crippen LogP contribution in [-0.2, 0) is 22.7 Å². The van der Waals surface area contributed by atoms with Gasteiger partial charge in [0.05, 0.1) is 31.0 Å². The van der Waals surface area contributed by atoms with Crippen molar-refractivity contribution < 1.29 is 28.2 Å². The van der Waals surface area contributed by atoms with Crippen LogP contribution in [0.4, 0.5) is 5.69 Å². The molecule has 0 atom stereocenters. The number of carbonyl (C=O) groups excluding carboxylic acids is 2. The summed E-state index contributed by atoms with van der Waals surface area (Å²) in [7, 11) is 1.53. The Kier molecular flexibility index (Phi) is 12.7. The fourth-order valence-corrected chi connectivity index (χ4v) is 6.58. The second-order valence-electron chi connectivity index (χ2n) is 11.2. The standard InChI is InChI=1S/C38H28Cl4N4O6S/c1-49-34-15-23(4-12-33(34)51-21-24-5-6-28(41)18-31(24)42)19-43-45-38-46(20-30-3-2-14-50-30)37(48)35(53-38)17-25-16-27(40)9-13-32(25)52-22-36(47)44-29-10-7-26(39)8-11-29/h2-19H,20-22H2,1H3,(H,44,47)/b35-17-,43-19-,45-38+. The molecule has 53 heavy (non-hydrogen) atoms. The molecule has 0 unspecified atom stereocenters. The number of furan rings is 1. The Hall–Kier alpha value is -4.91. The highest BCUT2D eigenvalue weighted by Crippen LogP contribution is 2.36. The van der Waals surface area contributed by atoms with Gasteiger partial charge in [-0.3, -0.25) is 14.5 Å². The number of nitrogens with zero attached hydrogens (tertiary/aromatic N) is 3. The highest BCUT2D eigenvalue weighted by atomic mass is 35.5. The van der Waals surface area contributed by atoms with E-state index in [-0.39, 0.29) is 31.6 Å². The van der Waals surface area contributed by atoms with Crippen molar-refractivity contribution in [1.82, 2.24) is 4.90 Å². The number of benzene rings is 4. The van der Waals surface area contributed by atoms with E-state index in [0.29, 0.717) is 70.0 Å². The fraction of sp³-hybridized carbons (Fsp3) is 0.105. The SMILES string of the molecule is COc1cc(/C=N\N=C2\S/C(=C\c3cc(Cl)ccc3OCC(=O)Nc3ccc(Cl)cc3)C(=O)N2Cc2ccco2)ccc1OCc1ccc(Cl)cc1Cl. The normalized spacial score (nSPS) is 14.4. The molecule has 2 amide bonds. The summed E-state index contributed by atoms with van der Waals surface area (Å²) in [6.07, 6.45) is 4.69. The molecular weight excluding hydrogens is 782 g/mol. The molecule has 10 nitrogen and oxygen atoms in total. The number of halogens is 4. The van der Waals surface area contributed by atoms with Crippen molar-refractivity contribution in [3.05, 3.63) is 145 Å². The number of amides is 2. The molecule has 1 aromatic heterocycles. The van der Waals surface area contributed by atoms with Crippen molar-refractivity contribution in [1.29, 1.82) is 0 Å². The summed E-state index contributed by atoms with van der Waals surface area (Å²) >= 11 is 25.7. The maximum absolute atomic E-state index is 13.8. The van der Waals surface area contributed by atoms with Crippen molar-refractivity contribution in [2.24, 2.45) is 10.2 Å². The highest BCUT2D eigenvalue weighted by molar-refractivity contribution is 8.18. The summed E-state index contributed by atoms with van der Waals surface area (Å²) < 4.78 is 22.9. The zero-order chi connectivity index (χ0) is 37.3. The number of ether oxygens (including phenoxy) is 3. The minimum atomic E-state index is -0.383. The zero-order valence-corrected chi connectivity index (χ0v) is 31.6. The molecule has 1 N–H and O–H groups in total. The lowest BCUT2D eigenvalue weighted by Crippen LogP contribution is -2.28. The van der Waals surface area contributed by atoms with Crippen molar-refractivity contribution in [2.75, 3.05) is 19.0 Å². The highest BCUT2D eigenvalue weighted by Gasteiger charge is 2.34. The van der Waals surface area contributed by atoms with Crippen LogP contribution in [0.1, 0.15) is 22.5 Å². The van der Waals surface area contributed by atoms with E-state index in [4.69, 9.17) is 65.0 Å². The lowest BCUT2D eigenvalue weighted by molar-refractivity contribution is -0.122. The van der Waals surface area contributed by atoms with Crippen LogP contribution in [0.15, 0.2) is 117 Å². The molecule has 0 spiro atoms. The quantitative estimate of drug-likeness (QED) is 0.0715. The maximum Gasteiger partial charge on any atom is 0.267 e. The van der Waals surface area contributed by atoms with Gasteiger partial charge in [-0.15, -0.1) is 5.10 Å². The Morgan fingerprint density at radius 1 is 0.887 bits per heavy atom. The topological polar surface area (TPSA) is 115 Å². The third-order valence-electron chi connectivity index (χ3n) is 7.46. The van der Waals surface area contributed by atoms with Gasteiger partial charge in [0.2, 0.25) is 0 Å². The van der Waals surface area contributed by atoms with Gasteiger partial charge in [0, 0.05) is 36.9 Å². The van der Waals surface area contributed by atoms with Crippen LogP contribution in [0.5, 0.6) is 17.2 Å². The van der Waals surface area contributed by atoms with Crippen LogP contribution in [0.25, 0.3) is 6.08 Å². The lowest BCUT2D eigenvalue weighted by Gasteiger charge is -2.13. The summed E-state index contributed by atoms with van der Waals surface area (Å²) in [6, 6.07) is 25.6. The van der Waals surface area contributed by atoms with E-state index >= 15 is 0 Å². The van der Waals surface area contributed by atoms with Crippen LogP contribution < -0.4 is 19.5 Å². The lowest BCUT2D eigenvalue weighted by atomic mass is 10.2. The van der Waals surface area contributed by atoms with E-state index in [1.54, 1.807) is 97.1 Å². The molecule has 15 heteroatoms. The largest absolute Gasteiger partial charge is 0.493 e. The molecule has 5 aromatic rings. The minimum Gasteiger partial charge on any atom is -0.493 e. The number of carbonyl (C=O) groups is 2. The first-order chi connectivity index (χ1) is 25.6. The second kappa shape index (κ2) is 17.7. The number of hydrogen-bond acceptors (Lipinski definition) is 9. The summed E-state index contributed by atoms with van der Waals surface area (Å²) in [5.41, 5.74) is 2.50. The van der Waals surface area contributed by atoms with Gasteiger partial charge in [-0.1, -0.05) is 52.5 Å². The molecule has 0 radical (unpaired) electrons. The van der Waals surface area contributed by atoms with Crippen molar-refractivity contribution >= 4 is 93.1 Å². The van der Waals surface area contributed by atoms with Crippen LogP contribution in [0, 0.1) is 0 Å². The molecule has 4 aromatic carbocycles. The van der Waals surface area contributed by atoms with Gasteiger partial charge in [0.25, 0.3) is 11.8 Å². The van der Waals surface area contributed by atoms with Crippen molar-refractivity contribution in [3.8, 4) is 17.2 Å². The maximum atomic E-state index is 13.8. The molecule has 6 rings (SSSR count). The predicted octanol–water partition coefficient (Wildman–Crippen LogP) is 10.0. The third-order valence-corrected chi connectivity index (χ3v) is 9.53. The molecule has 1 fully saturated rings. The Morgan fingerprint density at radius 3 is 2.40 bits per heavy atom. The molecule has 0 saturated carbocycles. The summed E-state index contributed by atoms with van der Waals surface area (Å²) in [6.45, 7) is 0.0382. The third kappa shape index (κ3) is 10.2. The van der Waals surface area contributed by atoms with Crippen LogP contribution in [-0.4, -0.2) is 41.8 Å². The average Bonchev–Trinajstić information content (AvgIpc) is 3.76. The van der Waals surface area contributed by atoms with Crippen LogP contribution >= 0.6 is 58.2 Å². The van der Waals surface area contributed by atoms with Gasteiger partial charge >= 0.3 is 0 Å². The Bertz CT molecular complexity index is 2210. The molecule has 1 aliphatic heterocycles. The molecule has 2 heterocycles. The second-order valence-corrected chi connectivity index (χ2v) is 13.9. The van der Waals surface area contributed by atoms with Crippen molar-refractivity contribution in [2.45, 2.75) is 13.2 Å². The Morgan fingerprint density at radius 2 is 1.64 bits per heavy atom. The molecule has 1 aliphatic rings. The van der Waals surface area contributed by atoms with E-state index in [9.17, 15) is 9.59 Å². The number of anilines is 1. The Balaban J connectivity index is 1.19. The van der Waals surface area contributed by atoms with Gasteiger partial charge in [-0.05, 0) is 108 Å². The number of nitrogens with one attached hydrogen (secondary N) is 1. The molecule has 0 bridgehead atoms. The van der Waals surface area contributed by atoms with Crippen LogP contribution in [0.3, 0.4) is 0 Å². The summed E-state index contributed by atoms with van der Waals surface area (Å²) in [5.74, 6) is 1.16. The van der Waals surface area contributed by atoms with Gasteiger partial charge in [-0.2, -0.15) is 5.10 Å². The monoisotopic (exact) mass is 808 g/mol. The van der Waals surface area contributed by atoms with E-state index < -0.39 is 0 Å². The molecule has 0 aliphatic carbocycles. The van der Waals surface area contributed by atoms with Gasteiger partial charge in [-0.25, -0.2) is 0 Å². The predicted molar refractivity (Wildman–Crippen MR) is 211 cm³/mol. The first-order valence-corrected chi connectivity index (χ1v) is 18.1. The van der Waals surface area contributed by atoms with E-state index in [1.807, 2.05) is 0 Å². The van der Waals surface area contributed by atoms with Crippen molar-refractivity contribution in [3.63, 3.8) is 0 Å². The van der Waals surface area contributed by atoms with E-state index in [1.165, 1.54) is 24.5 Å². The number of thioether (sulfide) groups is 1. The van der Waals surface area contributed by atoms with Gasteiger partial charge in [0.15, 0.2) is 23.3 Å². The first kappa shape index (κ1) is 37.8. The fourth-order valence-electron chi connectivity index (χ4n) is 4.88. The van der Waals surface area contributed by atoms with E-state index in [0.717, 1.165) is 17.3 Å².